The van der Waals surface area contributed by atoms with Crippen LogP contribution in [0.1, 0.15) is 73.1 Å². The number of hydrogen-bond acceptors (Lipinski definition) is 4. The van der Waals surface area contributed by atoms with Crippen LogP contribution >= 0.6 is 0 Å². The molecular formula is C21H35N3O2. The average Bonchev–Trinajstić information content (AvgIpc) is 2.61. The molecule has 5 nitrogen and oxygen atoms in total. The van der Waals surface area contributed by atoms with Crippen molar-refractivity contribution in [1.29, 1.82) is 0 Å². The third-order valence-electron chi connectivity index (χ3n) is 5.17. The Morgan fingerprint density at radius 3 is 2.69 bits per heavy atom. The molecule has 0 aliphatic heterocycles. The molecule has 1 aliphatic carbocycles. The van der Waals surface area contributed by atoms with Gasteiger partial charge < -0.3 is 11.1 Å². The summed E-state index contributed by atoms with van der Waals surface area (Å²) in [6, 6.07) is 0.683. The summed E-state index contributed by atoms with van der Waals surface area (Å²) in [6.45, 7) is 10.2. The Labute approximate surface area is 158 Å². The molecule has 0 fully saturated rings. The van der Waals surface area contributed by atoms with Crippen LogP contribution in [-0.4, -0.2) is 17.0 Å². The minimum atomic E-state index is -0.370. The van der Waals surface area contributed by atoms with Crippen LogP contribution in [0.15, 0.2) is 46.3 Å². The predicted octanol–water partition coefficient (Wildman–Crippen LogP) is 4.99. The number of nitrogens with two attached hydrogens (primary N) is 1. The standard InChI is InChI=1S/C21H35N3O2/c1-6-8-10-16(4)23-20-12-9-11-19(21(20)22)17(5)15(3)13-14-18(7-2)24(25)26/h7,13-14,16,20,23H,6,8-12,22H2,1-5H3/b14-13-,17-15+,18-7+. The van der Waals surface area contributed by atoms with Crippen molar-refractivity contribution < 1.29 is 4.92 Å². The fraction of sp³-hybridized carbons (Fsp3) is 0.619. The van der Waals surface area contributed by atoms with Gasteiger partial charge in [0.25, 0.3) is 5.70 Å². The smallest absolute Gasteiger partial charge is 0.265 e. The van der Waals surface area contributed by atoms with Crippen LogP contribution in [-0.2, 0) is 0 Å². The molecule has 26 heavy (non-hydrogen) atoms. The van der Waals surface area contributed by atoms with E-state index in [1.54, 1.807) is 13.0 Å². The Bertz CT molecular complexity index is 615. The van der Waals surface area contributed by atoms with Gasteiger partial charge in [-0.2, -0.15) is 0 Å². The van der Waals surface area contributed by atoms with E-state index in [9.17, 15) is 10.1 Å². The van der Waals surface area contributed by atoms with Gasteiger partial charge in [0.15, 0.2) is 0 Å². The van der Waals surface area contributed by atoms with Gasteiger partial charge in [-0.25, -0.2) is 0 Å². The van der Waals surface area contributed by atoms with Crippen LogP contribution in [0.3, 0.4) is 0 Å². The molecule has 0 heterocycles. The summed E-state index contributed by atoms with van der Waals surface area (Å²) in [4.78, 5) is 10.5. The normalized spacial score (nSPS) is 21.1. The number of nitrogens with one attached hydrogen (secondary N) is 1. The zero-order valence-corrected chi connectivity index (χ0v) is 17.0. The van der Waals surface area contributed by atoms with Crippen molar-refractivity contribution in [3.8, 4) is 0 Å². The second-order valence-corrected chi connectivity index (χ2v) is 7.20. The fourth-order valence-corrected chi connectivity index (χ4v) is 3.34. The van der Waals surface area contributed by atoms with E-state index in [1.807, 2.05) is 13.0 Å². The Kier molecular flexibility index (Phi) is 9.35. The molecule has 0 aromatic carbocycles. The highest BCUT2D eigenvalue weighted by atomic mass is 16.6. The van der Waals surface area contributed by atoms with Crippen molar-refractivity contribution in [2.24, 2.45) is 5.73 Å². The molecule has 0 spiro atoms. The van der Waals surface area contributed by atoms with Gasteiger partial charge in [0.05, 0.1) is 4.92 Å². The van der Waals surface area contributed by atoms with Gasteiger partial charge in [-0.3, -0.25) is 10.1 Å². The molecule has 2 unspecified atom stereocenters. The maximum Gasteiger partial charge on any atom is 0.265 e. The Balaban J connectivity index is 2.97. The highest BCUT2D eigenvalue weighted by molar-refractivity contribution is 5.43. The lowest BCUT2D eigenvalue weighted by atomic mass is 9.86. The summed E-state index contributed by atoms with van der Waals surface area (Å²) < 4.78 is 0. The Morgan fingerprint density at radius 1 is 1.42 bits per heavy atom. The number of hydrogen-bond donors (Lipinski definition) is 2. The van der Waals surface area contributed by atoms with Crippen molar-refractivity contribution in [2.75, 3.05) is 0 Å². The SMILES string of the molecule is C\C=C(/C=C\C(C)=C(/C)C1=C(N)C(NC(C)CCCC)CCC1)[N+](=O)[O-]. The van der Waals surface area contributed by atoms with Crippen molar-refractivity contribution in [1.82, 2.24) is 5.32 Å². The molecule has 0 amide bonds. The maximum atomic E-state index is 10.9. The topological polar surface area (TPSA) is 81.2 Å². The van der Waals surface area contributed by atoms with E-state index in [4.69, 9.17) is 5.73 Å². The molecule has 0 saturated heterocycles. The molecule has 3 N–H and O–H groups in total. The van der Waals surface area contributed by atoms with Crippen LogP contribution in [0.2, 0.25) is 0 Å². The van der Waals surface area contributed by atoms with Gasteiger partial charge in [-0.1, -0.05) is 25.8 Å². The molecule has 146 valence electrons. The lowest BCUT2D eigenvalue weighted by Crippen LogP contribution is -2.42. The lowest BCUT2D eigenvalue weighted by molar-refractivity contribution is -0.419. The zero-order chi connectivity index (χ0) is 19.7. The van der Waals surface area contributed by atoms with Gasteiger partial charge in [-0.15, -0.1) is 0 Å². The van der Waals surface area contributed by atoms with Crippen molar-refractivity contribution >= 4 is 0 Å². The number of nitro groups is 1. The monoisotopic (exact) mass is 361 g/mol. The summed E-state index contributed by atoms with van der Waals surface area (Å²) >= 11 is 0. The Hall–Kier alpha value is -1.88. The maximum absolute atomic E-state index is 10.9. The van der Waals surface area contributed by atoms with E-state index in [0.717, 1.165) is 36.1 Å². The third-order valence-corrected chi connectivity index (χ3v) is 5.17. The van der Waals surface area contributed by atoms with Crippen molar-refractivity contribution in [3.05, 3.63) is 56.5 Å². The second-order valence-electron chi connectivity index (χ2n) is 7.20. The summed E-state index contributed by atoms with van der Waals surface area (Å²) in [5.74, 6) is 0. The molecule has 0 aromatic rings. The van der Waals surface area contributed by atoms with E-state index in [-0.39, 0.29) is 16.7 Å². The molecule has 5 heteroatoms. The van der Waals surface area contributed by atoms with E-state index in [0.29, 0.717) is 6.04 Å². The lowest BCUT2D eigenvalue weighted by Gasteiger charge is -2.30. The first-order chi connectivity index (χ1) is 12.3. The van der Waals surface area contributed by atoms with E-state index < -0.39 is 0 Å². The van der Waals surface area contributed by atoms with E-state index in [2.05, 4.69) is 26.1 Å². The van der Waals surface area contributed by atoms with Crippen LogP contribution in [0.4, 0.5) is 0 Å². The number of rotatable bonds is 9. The number of unbranched alkanes of at least 4 members (excludes halogenated alkanes) is 1. The number of allylic oxidation sites excluding steroid dienone is 6. The summed E-state index contributed by atoms with van der Waals surface area (Å²) in [6.07, 6.45) is 11.6. The minimum Gasteiger partial charge on any atom is -0.401 e. The molecule has 0 bridgehead atoms. The van der Waals surface area contributed by atoms with Gasteiger partial charge >= 0.3 is 0 Å². The molecule has 0 aromatic heterocycles. The van der Waals surface area contributed by atoms with Crippen LogP contribution in [0, 0.1) is 10.1 Å². The molecule has 1 aliphatic rings. The second kappa shape index (κ2) is 11.0. The van der Waals surface area contributed by atoms with Gasteiger partial charge in [0.1, 0.15) is 0 Å². The first-order valence-corrected chi connectivity index (χ1v) is 9.72. The molecule has 1 rings (SSSR count). The van der Waals surface area contributed by atoms with E-state index in [1.165, 1.54) is 30.9 Å². The summed E-state index contributed by atoms with van der Waals surface area (Å²) in [7, 11) is 0. The van der Waals surface area contributed by atoms with Crippen LogP contribution < -0.4 is 11.1 Å². The highest BCUT2D eigenvalue weighted by Gasteiger charge is 2.23. The van der Waals surface area contributed by atoms with Crippen LogP contribution in [0.5, 0.6) is 0 Å². The highest BCUT2D eigenvalue weighted by Crippen LogP contribution is 2.30. The van der Waals surface area contributed by atoms with Gasteiger partial charge in [0, 0.05) is 23.9 Å². The number of nitrogens with zero attached hydrogens (tertiary/aromatic N) is 1. The van der Waals surface area contributed by atoms with Crippen molar-refractivity contribution in [2.45, 2.75) is 85.2 Å². The first kappa shape index (κ1) is 22.2. The average molecular weight is 362 g/mol. The molecule has 0 radical (unpaired) electrons. The largest absolute Gasteiger partial charge is 0.401 e. The minimum absolute atomic E-state index is 0.104. The summed E-state index contributed by atoms with van der Waals surface area (Å²) in [5, 5.41) is 14.6. The Morgan fingerprint density at radius 2 is 2.12 bits per heavy atom. The molecular weight excluding hydrogens is 326 g/mol. The zero-order valence-electron chi connectivity index (χ0n) is 17.0. The third kappa shape index (κ3) is 6.45. The quantitative estimate of drug-likeness (QED) is 0.344. The van der Waals surface area contributed by atoms with E-state index >= 15 is 0 Å². The first-order valence-electron chi connectivity index (χ1n) is 9.72. The molecule has 2 atom stereocenters. The van der Waals surface area contributed by atoms with Gasteiger partial charge in [0.2, 0.25) is 0 Å². The van der Waals surface area contributed by atoms with Gasteiger partial charge in [-0.05, 0) is 76.2 Å². The van der Waals surface area contributed by atoms with Crippen LogP contribution in [0.25, 0.3) is 0 Å². The fourth-order valence-electron chi connectivity index (χ4n) is 3.34. The summed E-state index contributed by atoms with van der Waals surface area (Å²) in [5.41, 5.74) is 10.9. The molecule has 0 saturated carbocycles. The van der Waals surface area contributed by atoms with Crippen molar-refractivity contribution in [3.63, 3.8) is 0 Å². The predicted molar refractivity (Wildman–Crippen MR) is 109 cm³/mol.